The van der Waals surface area contributed by atoms with Crippen molar-refractivity contribution in [1.29, 1.82) is 0 Å². The lowest BCUT2D eigenvalue weighted by atomic mass is 9.95. The van der Waals surface area contributed by atoms with E-state index in [1.54, 1.807) is 0 Å². The van der Waals surface area contributed by atoms with Crippen LogP contribution in [0, 0.1) is 11.8 Å². The molecule has 1 aliphatic rings. The molecule has 0 N–H and O–H groups in total. The molecule has 0 radical (unpaired) electrons. The maximum Gasteiger partial charge on any atom is 0.160 e. The van der Waals surface area contributed by atoms with Crippen LogP contribution in [-0.4, -0.2) is 56.2 Å². The first kappa shape index (κ1) is 17.6. The fraction of sp³-hybridized carbons (Fsp3) is 0.938. The molecule has 1 heterocycles. The van der Waals surface area contributed by atoms with Crippen LogP contribution >= 0.6 is 0 Å². The Balaban J connectivity index is 1.87. The van der Waals surface area contributed by atoms with Crippen LogP contribution in [0.5, 0.6) is 0 Å². The van der Waals surface area contributed by atoms with Gasteiger partial charge in [-0.15, -0.1) is 0 Å². The number of ketones is 1. The normalized spacial score (nSPS) is 16.9. The zero-order valence-corrected chi connectivity index (χ0v) is 13.6. The molecular weight excluding hydrogens is 254 g/mol. The molecule has 20 heavy (non-hydrogen) atoms. The second-order valence-electron chi connectivity index (χ2n) is 6.36. The van der Waals surface area contributed by atoms with E-state index in [4.69, 9.17) is 9.47 Å². The number of Topliss-reactive ketones (excluding diaryl/α,β-unsaturated/α-hetero) is 1. The van der Waals surface area contributed by atoms with E-state index in [1.165, 1.54) is 19.5 Å². The van der Waals surface area contributed by atoms with Crippen LogP contribution in [0.2, 0.25) is 0 Å². The van der Waals surface area contributed by atoms with Gasteiger partial charge in [-0.05, 0) is 32.6 Å². The summed E-state index contributed by atoms with van der Waals surface area (Å²) in [5.41, 5.74) is 0. The predicted octanol–water partition coefficient (Wildman–Crippen LogP) is 2.37. The van der Waals surface area contributed by atoms with E-state index in [1.807, 2.05) is 13.8 Å². The van der Waals surface area contributed by atoms with E-state index in [2.05, 4.69) is 18.7 Å². The number of ether oxygens (including phenoxy) is 2. The Labute approximate surface area is 123 Å². The molecule has 1 fully saturated rings. The van der Waals surface area contributed by atoms with Gasteiger partial charge >= 0.3 is 0 Å². The van der Waals surface area contributed by atoms with E-state index in [-0.39, 0.29) is 18.3 Å². The molecule has 0 unspecified atom stereocenters. The average molecular weight is 285 g/mol. The van der Waals surface area contributed by atoms with Gasteiger partial charge < -0.3 is 14.4 Å². The van der Waals surface area contributed by atoms with Crippen LogP contribution < -0.4 is 0 Å². The zero-order chi connectivity index (χ0) is 15.0. The Morgan fingerprint density at radius 3 is 2.50 bits per heavy atom. The standard InChI is InChI=1S/C16H31NO3/c1-13(2)16(18)12-19-8-5-6-15-10-17(11-15)7-9-20-14(3)4/h13-15H,5-12H2,1-4H3. The number of likely N-dealkylation sites (tertiary alicyclic amines) is 1. The topological polar surface area (TPSA) is 38.8 Å². The first-order valence-corrected chi connectivity index (χ1v) is 7.93. The molecule has 4 heteroatoms. The molecule has 1 rings (SSSR count). The summed E-state index contributed by atoms with van der Waals surface area (Å²) in [6.07, 6.45) is 2.60. The highest BCUT2D eigenvalue weighted by molar-refractivity contribution is 5.81. The molecule has 0 spiro atoms. The Morgan fingerprint density at radius 1 is 1.20 bits per heavy atom. The lowest BCUT2D eigenvalue weighted by molar-refractivity contribution is -0.126. The lowest BCUT2D eigenvalue weighted by Crippen LogP contribution is -2.48. The molecular formula is C16H31NO3. The van der Waals surface area contributed by atoms with Crippen molar-refractivity contribution in [3.8, 4) is 0 Å². The van der Waals surface area contributed by atoms with E-state index in [0.717, 1.165) is 25.5 Å². The third kappa shape index (κ3) is 7.36. The summed E-state index contributed by atoms with van der Waals surface area (Å²) in [6.45, 7) is 13.2. The molecule has 0 aromatic rings. The summed E-state index contributed by atoms with van der Waals surface area (Å²) in [5.74, 6) is 1.09. The van der Waals surface area contributed by atoms with Crippen LogP contribution in [-0.2, 0) is 14.3 Å². The van der Waals surface area contributed by atoms with Crippen LogP contribution in [0.15, 0.2) is 0 Å². The van der Waals surface area contributed by atoms with Gasteiger partial charge in [-0.3, -0.25) is 4.79 Å². The van der Waals surface area contributed by atoms with Crippen LogP contribution in [0.4, 0.5) is 0 Å². The minimum atomic E-state index is 0.0863. The second-order valence-corrected chi connectivity index (χ2v) is 6.36. The van der Waals surface area contributed by atoms with Gasteiger partial charge in [0.05, 0.1) is 12.7 Å². The molecule has 1 aliphatic heterocycles. The lowest BCUT2D eigenvalue weighted by Gasteiger charge is -2.39. The van der Waals surface area contributed by atoms with Gasteiger partial charge in [0.15, 0.2) is 5.78 Å². The zero-order valence-electron chi connectivity index (χ0n) is 13.6. The average Bonchev–Trinajstić information content (AvgIpc) is 2.33. The Kier molecular flexibility index (Phi) is 8.34. The van der Waals surface area contributed by atoms with Crippen molar-refractivity contribution in [2.45, 2.75) is 46.6 Å². The van der Waals surface area contributed by atoms with Crippen LogP contribution in [0.1, 0.15) is 40.5 Å². The number of hydrogen-bond donors (Lipinski definition) is 0. The summed E-state index contributed by atoms with van der Waals surface area (Å²) in [4.78, 5) is 13.8. The molecule has 118 valence electrons. The molecule has 1 saturated heterocycles. The quantitative estimate of drug-likeness (QED) is 0.546. The van der Waals surface area contributed by atoms with Crippen molar-refractivity contribution >= 4 is 5.78 Å². The molecule has 0 saturated carbocycles. The number of rotatable bonds is 11. The van der Waals surface area contributed by atoms with Crippen molar-refractivity contribution in [2.24, 2.45) is 11.8 Å². The third-order valence-corrected chi connectivity index (χ3v) is 3.68. The van der Waals surface area contributed by atoms with E-state index >= 15 is 0 Å². The number of hydrogen-bond acceptors (Lipinski definition) is 4. The molecule has 0 bridgehead atoms. The maximum atomic E-state index is 11.4. The van der Waals surface area contributed by atoms with Gasteiger partial charge in [0, 0.05) is 32.2 Å². The summed E-state index contributed by atoms with van der Waals surface area (Å²) >= 11 is 0. The second kappa shape index (κ2) is 9.48. The molecule has 0 amide bonds. The highest BCUT2D eigenvalue weighted by Crippen LogP contribution is 2.20. The summed E-state index contributed by atoms with van der Waals surface area (Å²) < 4.78 is 11.0. The van der Waals surface area contributed by atoms with E-state index in [9.17, 15) is 4.79 Å². The first-order chi connectivity index (χ1) is 9.49. The monoisotopic (exact) mass is 285 g/mol. The molecule has 0 aromatic carbocycles. The summed E-state index contributed by atoms with van der Waals surface area (Å²) in [6, 6.07) is 0. The van der Waals surface area contributed by atoms with Gasteiger partial charge in [0.25, 0.3) is 0 Å². The van der Waals surface area contributed by atoms with Crippen molar-refractivity contribution in [1.82, 2.24) is 4.90 Å². The van der Waals surface area contributed by atoms with Gasteiger partial charge in [0.1, 0.15) is 6.61 Å². The van der Waals surface area contributed by atoms with Gasteiger partial charge in [-0.1, -0.05) is 13.8 Å². The largest absolute Gasteiger partial charge is 0.377 e. The van der Waals surface area contributed by atoms with Crippen molar-refractivity contribution in [2.75, 3.05) is 39.5 Å². The Hall–Kier alpha value is -0.450. The van der Waals surface area contributed by atoms with Gasteiger partial charge in [-0.2, -0.15) is 0 Å². The molecule has 0 aliphatic carbocycles. The predicted molar refractivity (Wildman–Crippen MR) is 80.9 cm³/mol. The van der Waals surface area contributed by atoms with E-state index < -0.39 is 0 Å². The number of carbonyl (C=O) groups excluding carboxylic acids is 1. The number of nitrogens with zero attached hydrogens (tertiary/aromatic N) is 1. The van der Waals surface area contributed by atoms with Crippen LogP contribution in [0.3, 0.4) is 0 Å². The van der Waals surface area contributed by atoms with Crippen molar-refractivity contribution in [3.63, 3.8) is 0 Å². The smallest absolute Gasteiger partial charge is 0.160 e. The fourth-order valence-electron chi connectivity index (χ4n) is 2.27. The number of carbonyl (C=O) groups is 1. The Morgan fingerprint density at radius 2 is 1.90 bits per heavy atom. The van der Waals surface area contributed by atoms with Gasteiger partial charge in [0.2, 0.25) is 0 Å². The minimum absolute atomic E-state index is 0.0863. The van der Waals surface area contributed by atoms with E-state index in [0.29, 0.717) is 12.7 Å². The molecule has 0 aromatic heterocycles. The molecule has 0 atom stereocenters. The SMILES string of the molecule is CC(C)OCCN1CC(CCCOCC(=O)C(C)C)C1. The van der Waals surface area contributed by atoms with Crippen molar-refractivity contribution in [3.05, 3.63) is 0 Å². The Bertz CT molecular complexity index is 273. The first-order valence-electron chi connectivity index (χ1n) is 7.93. The summed E-state index contributed by atoms with van der Waals surface area (Å²) in [7, 11) is 0. The maximum absolute atomic E-state index is 11.4. The summed E-state index contributed by atoms with van der Waals surface area (Å²) in [5, 5.41) is 0. The molecule has 4 nitrogen and oxygen atoms in total. The van der Waals surface area contributed by atoms with Gasteiger partial charge in [-0.25, -0.2) is 0 Å². The highest BCUT2D eigenvalue weighted by Gasteiger charge is 2.25. The third-order valence-electron chi connectivity index (χ3n) is 3.68. The van der Waals surface area contributed by atoms with Crippen molar-refractivity contribution < 1.29 is 14.3 Å². The minimum Gasteiger partial charge on any atom is -0.377 e. The highest BCUT2D eigenvalue weighted by atomic mass is 16.5. The van der Waals surface area contributed by atoms with Crippen LogP contribution in [0.25, 0.3) is 0 Å². The fourth-order valence-corrected chi connectivity index (χ4v) is 2.27.